The van der Waals surface area contributed by atoms with Crippen molar-refractivity contribution < 1.29 is 4.79 Å². The Kier molecular flexibility index (Phi) is 4.39. The van der Waals surface area contributed by atoms with E-state index in [0.29, 0.717) is 6.42 Å². The third-order valence-electron chi connectivity index (χ3n) is 3.76. The fraction of sp³-hybridized carbons (Fsp3) is 0.316. The van der Waals surface area contributed by atoms with Gasteiger partial charge in [0.2, 0.25) is 0 Å². The minimum atomic E-state index is 0.232. The summed E-state index contributed by atoms with van der Waals surface area (Å²) in [5.74, 6) is 0.232. The third kappa shape index (κ3) is 3.57. The number of ketones is 1. The van der Waals surface area contributed by atoms with Crippen LogP contribution in [0.25, 0.3) is 0 Å². The standard InChI is InChI=1S/C19H22O/c1-13-9-14(2)11-18(10-13)19(20)8-7-17-6-5-15(3)16(4)12-17/h5-6,9-12H,7-8H2,1-4H3. The van der Waals surface area contributed by atoms with E-state index in [1.54, 1.807) is 0 Å². The molecule has 0 radical (unpaired) electrons. The number of hydrogen-bond acceptors (Lipinski definition) is 1. The van der Waals surface area contributed by atoms with Gasteiger partial charge in [-0.05, 0) is 62.9 Å². The maximum atomic E-state index is 12.3. The van der Waals surface area contributed by atoms with E-state index in [0.717, 1.165) is 23.1 Å². The molecule has 20 heavy (non-hydrogen) atoms. The minimum Gasteiger partial charge on any atom is -0.294 e. The van der Waals surface area contributed by atoms with Crippen molar-refractivity contribution in [3.05, 3.63) is 69.8 Å². The molecule has 0 N–H and O–H groups in total. The molecule has 2 aromatic carbocycles. The highest BCUT2D eigenvalue weighted by Gasteiger charge is 2.07. The molecule has 0 saturated heterocycles. The van der Waals surface area contributed by atoms with E-state index in [1.807, 2.05) is 26.0 Å². The summed E-state index contributed by atoms with van der Waals surface area (Å²) < 4.78 is 0. The molecule has 0 fully saturated rings. The number of rotatable bonds is 4. The number of Topliss-reactive ketones (excluding diaryl/α,β-unsaturated/α-hetero) is 1. The lowest BCUT2D eigenvalue weighted by Gasteiger charge is -2.06. The summed E-state index contributed by atoms with van der Waals surface area (Å²) in [6.07, 6.45) is 1.39. The van der Waals surface area contributed by atoms with Crippen molar-refractivity contribution in [3.63, 3.8) is 0 Å². The second-order valence-corrected chi connectivity index (χ2v) is 5.72. The van der Waals surface area contributed by atoms with Gasteiger partial charge in [0, 0.05) is 12.0 Å². The SMILES string of the molecule is Cc1cc(C)cc(C(=O)CCc2ccc(C)c(C)c2)c1. The van der Waals surface area contributed by atoms with Crippen LogP contribution in [0, 0.1) is 27.7 Å². The van der Waals surface area contributed by atoms with Crippen molar-refractivity contribution in [1.82, 2.24) is 0 Å². The number of carbonyl (C=O) groups excluding carboxylic acids is 1. The molecule has 0 bridgehead atoms. The fourth-order valence-electron chi connectivity index (χ4n) is 2.50. The third-order valence-corrected chi connectivity index (χ3v) is 3.76. The van der Waals surface area contributed by atoms with E-state index in [1.165, 1.54) is 16.7 Å². The number of aryl methyl sites for hydroxylation is 5. The average Bonchev–Trinajstić information content (AvgIpc) is 2.38. The van der Waals surface area contributed by atoms with Gasteiger partial charge in [0.15, 0.2) is 5.78 Å². The molecule has 0 unspecified atom stereocenters. The summed E-state index contributed by atoms with van der Waals surface area (Å²) in [4.78, 5) is 12.3. The van der Waals surface area contributed by atoms with Gasteiger partial charge in [0.25, 0.3) is 0 Å². The topological polar surface area (TPSA) is 17.1 Å². The Bertz CT molecular complexity index is 618. The molecule has 0 aliphatic heterocycles. The highest BCUT2D eigenvalue weighted by Crippen LogP contribution is 2.15. The molecular weight excluding hydrogens is 244 g/mol. The van der Waals surface area contributed by atoms with E-state index in [2.05, 4.69) is 38.1 Å². The summed E-state index contributed by atoms with van der Waals surface area (Å²) in [7, 11) is 0. The van der Waals surface area contributed by atoms with Crippen molar-refractivity contribution in [1.29, 1.82) is 0 Å². The molecular formula is C19H22O. The number of benzene rings is 2. The molecule has 2 rings (SSSR count). The lowest BCUT2D eigenvalue weighted by Crippen LogP contribution is -2.02. The van der Waals surface area contributed by atoms with Crippen molar-refractivity contribution in [2.45, 2.75) is 40.5 Å². The van der Waals surface area contributed by atoms with E-state index in [4.69, 9.17) is 0 Å². The second kappa shape index (κ2) is 6.04. The van der Waals surface area contributed by atoms with Crippen LogP contribution in [0.4, 0.5) is 0 Å². The Hall–Kier alpha value is -1.89. The first-order valence-corrected chi connectivity index (χ1v) is 7.13. The van der Waals surface area contributed by atoms with Crippen LogP contribution >= 0.6 is 0 Å². The molecule has 0 aliphatic rings. The Labute approximate surface area is 121 Å². The predicted molar refractivity (Wildman–Crippen MR) is 84.5 cm³/mol. The monoisotopic (exact) mass is 266 g/mol. The van der Waals surface area contributed by atoms with Gasteiger partial charge in [-0.15, -0.1) is 0 Å². The van der Waals surface area contributed by atoms with E-state index < -0.39 is 0 Å². The van der Waals surface area contributed by atoms with Gasteiger partial charge >= 0.3 is 0 Å². The molecule has 104 valence electrons. The van der Waals surface area contributed by atoms with Crippen LogP contribution in [0.5, 0.6) is 0 Å². The van der Waals surface area contributed by atoms with E-state index in [9.17, 15) is 4.79 Å². The largest absolute Gasteiger partial charge is 0.294 e. The van der Waals surface area contributed by atoms with Gasteiger partial charge in [-0.25, -0.2) is 0 Å². The highest BCUT2D eigenvalue weighted by molar-refractivity contribution is 5.96. The number of carbonyl (C=O) groups is 1. The van der Waals surface area contributed by atoms with Gasteiger partial charge in [-0.3, -0.25) is 4.79 Å². The maximum absolute atomic E-state index is 12.3. The highest BCUT2D eigenvalue weighted by atomic mass is 16.1. The molecule has 0 aliphatic carbocycles. The quantitative estimate of drug-likeness (QED) is 0.731. The molecule has 0 amide bonds. The van der Waals surface area contributed by atoms with Gasteiger partial charge in [0.1, 0.15) is 0 Å². The van der Waals surface area contributed by atoms with E-state index in [-0.39, 0.29) is 5.78 Å². The Morgan fingerprint density at radius 2 is 1.50 bits per heavy atom. The van der Waals surface area contributed by atoms with Gasteiger partial charge in [-0.2, -0.15) is 0 Å². The second-order valence-electron chi connectivity index (χ2n) is 5.72. The predicted octanol–water partition coefficient (Wildman–Crippen LogP) is 4.74. The Morgan fingerprint density at radius 3 is 2.10 bits per heavy atom. The first kappa shape index (κ1) is 14.5. The lowest BCUT2D eigenvalue weighted by molar-refractivity contribution is 0.0982. The first-order valence-electron chi connectivity index (χ1n) is 7.13. The van der Waals surface area contributed by atoms with Crippen molar-refractivity contribution in [2.75, 3.05) is 0 Å². The van der Waals surface area contributed by atoms with Crippen LogP contribution < -0.4 is 0 Å². The van der Waals surface area contributed by atoms with Crippen molar-refractivity contribution in [2.24, 2.45) is 0 Å². The summed E-state index contributed by atoms with van der Waals surface area (Å²) >= 11 is 0. The van der Waals surface area contributed by atoms with Crippen LogP contribution in [0.1, 0.15) is 44.6 Å². The summed E-state index contributed by atoms with van der Waals surface area (Å²) in [6.45, 7) is 8.30. The molecule has 0 heterocycles. The lowest BCUT2D eigenvalue weighted by atomic mass is 9.98. The van der Waals surface area contributed by atoms with Crippen LogP contribution in [0.2, 0.25) is 0 Å². The molecule has 0 aromatic heterocycles. The first-order chi connectivity index (χ1) is 9.45. The summed E-state index contributed by atoms with van der Waals surface area (Å²) in [6, 6.07) is 12.5. The normalized spacial score (nSPS) is 10.6. The van der Waals surface area contributed by atoms with Crippen LogP contribution in [-0.4, -0.2) is 5.78 Å². The van der Waals surface area contributed by atoms with Crippen molar-refractivity contribution >= 4 is 5.78 Å². The Morgan fingerprint density at radius 1 is 0.850 bits per heavy atom. The minimum absolute atomic E-state index is 0.232. The molecule has 1 heteroatoms. The summed E-state index contributed by atoms with van der Waals surface area (Å²) in [5.41, 5.74) is 6.98. The average molecular weight is 266 g/mol. The molecule has 2 aromatic rings. The van der Waals surface area contributed by atoms with Gasteiger partial charge in [0.05, 0.1) is 0 Å². The summed E-state index contributed by atoms with van der Waals surface area (Å²) in [5, 5.41) is 0. The molecule has 0 atom stereocenters. The van der Waals surface area contributed by atoms with Gasteiger partial charge in [-0.1, -0.05) is 35.4 Å². The Balaban J connectivity index is 2.06. The van der Waals surface area contributed by atoms with Crippen LogP contribution in [0.3, 0.4) is 0 Å². The van der Waals surface area contributed by atoms with Gasteiger partial charge < -0.3 is 0 Å². The molecule has 0 spiro atoms. The number of hydrogen-bond donors (Lipinski definition) is 0. The van der Waals surface area contributed by atoms with Crippen LogP contribution in [0.15, 0.2) is 36.4 Å². The molecule has 1 nitrogen and oxygen atoms in total. The zero-order valence-corrected chi connectivity index (χ0v) is 12.8. The van der Waals surface area contributed by atoms with Crippen LogP contribution in [-0.2, 0) is 6.42 Å². The zero-order chi connectivity index (χ0) is 14.7. The van der Waals surface area contributed by atoms with Crippen molar-refractivity contribution in [3.8, 4) is 0 Å². The fourth-order valence-corrected chi connectivity index (χ4v) is 2.50. The zero-order valence-electron chi connectivity index (χ0n) is 12.8. The molecule has 0 saturated carbocycles. The van der Waals surface area contributed by atoms with E-state index >= 15 is 0 Å². The maximum Gasteiger partial charge on any atom is 0.163 e. The smallest absolute Gasteiger partial charge is 0.163 e.